The van der Waals surface area contributed by atoms with Crippen LogP contribution < -0.4 is 5.32 Å². The Labute approximate surface area is 110 Å². The van der Waals surface area contributed by atoms with Crippen LogP contribution in [0.5, 0.6) is 0 Å². The molecule has 0 aliphatic carbocycles. The molecule has 0 aliphatic heterocycles. The summed E-state index contributed by atoms with van der Waals surface area (Å²) in [5, 5.41) is 3.33. The minimum absolute atomic E-state index is 0.830. The van der Waals surface area contributed by atoms with Crippen LogP contribution in [-0.4, -0.2) is 6.54 Å². The summed E-state index contributed by atoms with van der Waals surface area (Å²) in [5.74, 6) is 0. The van der Waals surface area contributed by atoms with E-state index >= 15 is 0 Å². The molecule has 1 N–H and O–H groups in total. The van der Waals surface area contributed by atoms with E-state index in [1.54, 1.807) is 0 Å². The van der Waals surface area contributed by atoms with Crippen LogP contribution in [0.15, 0.2) is 65.1 Å². The van der Waals surface area contributed by atoms with Crippen molar-refractivity contribution in [2.75, 3.05) is 11.9 Å². The summed E-state index contributed by atoms with van der Waals surface area (Å²) < 4.78 is 1.10. The number of rotatable bonds is 4. The maximum atomic E-state index is 3.42. The second kappa shape index (κ2) is 6.26. The van der Waals surface area contributed by atoms with Crippen LogP contribution in [0.3, 0.4) is 0 Å². The topological polar surface area (TPSA) is 12.0 Å². The van der Waals surface area contributed by atoms with Crippen LogP contribution in [0.25, 0.3) is 6.08 Å². The van der Waals surface area contributed by atoms with Gasteiger partial charge in [-0.2, -0.15) is 0 Å². The van der Waals surface area contributed by atoms with Crippen molar-refractivity contribution >= 4 is 27.7 Å². The van der Waals surface area contributed by atoms with Crippen molar-refractivity contribution in [2.45, 2.75) is 0 Å². The van der Waals surface area contributed by atoms with Gasteiger partial charge in [-0.25, -0.2) is 0 Å². The van der Waals surface area contributed by atoms with Gasteiger partial charge in [0.15, 0.2) is 0 Å². The van der Waals surface area contributed by atoms with Crippen molar-refractivity contribution < 1.29 is 0 Å². The first-order chi connectivity index (χ1) is 8.34. The van der Waals surface area contributed by atoms with Crippen LogP contribution in [0.1, 0.15) is 5.56 Å². The summed E-state index contributed by atoms with van der Waals surface area (Å²) >= 11 is 3.42. The fourth-order valence-corrected chi connectivity index (χ4v) is 1.77. The summed E-state index contributed by atoms with van der Waals surface area (Å²) in [6, 6.07) is 18.5. The number of halogens is 1. The van der Waals surface area contributed by atoms with Crippen molar-refractivity contribution in [3.8, 4) is 0 Å². The van der Waals surface area contributed by atoms with Gasteiger partial charge in [0, 0.05) is 16.7 Å². The fraction of sp³-hybridized carbons (Fsp3) is 0.0667. The largest absolute Gasteiger partial charge is 0.382 e. The van der Waals surface area contributed by atoms with Crippen molar-refractivity contribution in [3.05, 3.63) is 70.7 Å². The number of benzene rings is 2. The molecule has 86 valence electrons. The first-order valence-electron chi connectivity index (χ1n) is 5.55. The average Bonchev–Trinajstić information content (AvgIpc) is 2.38. The molecule has 0 saturated carbocycles. The Balaban J connectivity index is 1.84. The van der Waals surface area contributed by atoms with E-state index in [0.717, 1.165) is 16.7 Å². The van der Waals surface area contributed by atoms with E-state index in [2.05, 4.69) is 57.7 Å². The molecule has 0 aromatic heterocycles. The van der Waals surface area contributed by atoms with Gasteiger partial charge in [-0.15, -0.1) is 0 Å². The lowest BCUT2D eigenvalue weighted by atomic mass is 10.2. The van der Waals surface area contributed by atoms with Gasteiger partial charge in [0.25, 0.3) is 0 Å². The van der Waals surface area contributed by atoms with Gasteiger partial charge in [-0.05, 0) is 29.8 Å². The molecule has 0 unspecified atom stereocenters. The molecule has 2 aromatic carbocycles. The smallest absolute Gasteiger partial charge is 0.0343 e. The Kier molecular flexibility index (Phi) is 4.39. The predicted octanol–water partition coefficient (Wildman–Crippen LogP) is 4.57. The Morgan fingerprint density at radius 3 is 2.35 bits per heavy atom. The highest BCUT2D eigenvalue weighted by Gasteiger charge is 1.89. The Hall–Kier alpha value is -1.54. The molecule has 2 rings (SSSR count). The molecule has 0 radical (unpaired) electrons. The second-order valence-corrected chi connectivity index (χ2v) is 4.62. The van der Waals surface area contributed by atoms with Crippen molar-refractivity contribution in [1.29, 1.82) is 0 Å². The Morgan fingerprint density at radius 1 is 0.941 bits per heavy atom. The van der Waals surface area contributed by atoms with E-state index in [0.29, 0.717) is 0 Å². The molecule has 2 heteroatoms. The summed E-state index contributed by atoms with van der Waals surface area (Å²) in [6.07, 6.45) is 4.24. The average molecular weight is 288 g/mol. The van der Waals surface area contributed by atoms with E-state index < -0.39 is 0 Å². The van der Waals surface area contributed by atoms with E-state index in [1.807, 2.05) is 30.3 Å². The molecule has 0 bridgehead atoms. The van der Waals surface area contributed by atoms with Crippen LogP contribution in [0, 0.1) is 0 Å². The highest BCUT2D eigenvalue weighted by atomic mass is 79.9. The van der Waals surface area contributed by atoms with Crippen molar-refractivity contribution in [2.24, 2.45) is 0 Å². The SMILES string of the molecule is Brc1ccc(NCC=Cc2ccccc2)cc1. The maximum absolute atomic E-state index is 3.42. The van der Waals surface area contributed by atoms with Gasteiger partial charge in [-0.3, -0.25) is 0 Å². The number of hydrogen-bond acceptors (Lipinski definition) is 1. The lowest BCUT2D eigenvalue weighted by molar-refractivity contribution is 1.34. The Bertz CT molecular complexity index is 474. The molecule has 0 saturated heterocycles. The minimum Gasteiger partial charge on any atom is -0.382 e. The molecule has 0 aliphatic rings. The second-order valence-electron chi connectivity index (χ2n) is 3.70. The van der Waals surface area contributed by atoms with Crippen molar-refractivity contribution in [1.82, 2.24) is 0 Å². The third-order valence-corrected chi connectivity index (χ3v) is 2.91. The number of anilines is 1. The van der Waals surface area contributed by atoms with E-state index in [-0.39, 0.29) is 0 Å². The van der Waals surface area contributed by atoms with Gasteiger partial charge in [0.1, 0.15) is 0 Å². The number of nitrogens with one attached hydrogen (secondary N) is 1. The molecule has 0 amide bonds. The van der Waals surface area contributed by atoms with Gasteiger partial charge >= 0.3 is 0 Å². The highest BCUT2D eigenvalue weighted by Crippen LogP contribution is 2.13. The zero-order valence-corrected chi connectivity index (χ0v) is 11.0. The molecule has 0 heterocycles. The van der Waals surface area contributed by atoms with E-state index in [4.69, 9.17) is 0 Å². The lowest BCUT2D eigenvalue weighted by Gasteiger charge is -2.02. The summed E-state index contributed by atoms with van der Waals surface area (Å²) in [6.45, 7) is 0.830. The fourth-order valence-electron chi connectivity index (χ4n) is 1.50. The van der Waals surface area contributed by atoms with E-state index in [1.165, 1.54) is 5.56 Å². The molecule has 0 spiro atoms. The number of hydrogen-bond donors (Lipinski definition) is 1. The maximum Gasteiger partial charge on any atom is 0.0343 e. The molecule has 0 atom stereocenters. The third-order valence-electron chi connectivity index (χ3n) is 2.38. The van der Waals surface area contributed by atoms with Crippen LogP contribution in [0.4, 0.5) is 5.69 Å². The Morgan fingerprint density at radius 2 is 1.65 bits per heavy atom. The standard InChI is InChI=1S/C15H14BrN/c16-14-8-10-15(11-9-14)17-12-4-7-13-5-2-1-3-6-13/h1-11,17H,12H2. The van der Waals surface area contributed by atoms with Crippen molar-refractivity contribution in [3.63, 3.8) is 0 Å². The molecular formula is C15H14BrN. The zero-order valence-electron chi connectivity index (χ0n) is 9.44. The van der Waals surface area contributed by atoms with Crippen LogP contribution in [-0.2, 0) is 0 Å². The lowest BCUT2D eigenvalue weighted by Crippen LogP contribution is -1.97. The molecule has 17 heavy (non-hydrogen) atoms. The van der Waals surface area contributed by atoms with E-state index in [9.17, 15) is 0 Å². The monoisotopic (exact) mass is 287 g/mol. The zero-order chi connectivity index (χ0) is 11.9. The molecule has 1 nitrogen and oxygen atoms in total. The summed E-state index contributed by atoms with van der Waals surface area (Å²) in [5.41, 5.74) is 2.36. The summed E-state index contributed by atoms with van der Waals surface area (Å²) in [4.78, 5) is 0. The van der Waals surface area contributed by atoms with Gasteiger partial charge in [0.2, 0.25) is 0 Å². The normalized spacial score (nSPS) is 10.6. The molecular weight excluding hydrogens is 274 g/mol. The highest BCUT2D eigenvalue weighted by molar-refractivity contribution is 9.10. The first kappa shape index (κ1) is 11.9. The first-order valence-corrected chi connectivity index (χ1v) is 6.35. The van der Waals surface area contributed by atoms with Crippen LogP contribution in [0.2, 0.25) is 0 Å². The van der Waals surface area contributed by atoms with Gasteiger partial charge in [-0.1, -0.05) is 58.4 Å². The van der Waals surface area contributed by atoms with Gasteiger partial charge < -0.3 is 5.32 Å². The predicted molar refractivity (Wildman–Crippen MR) is 78.1 cm³/mol. The molecule has 0 fully saturated rings. The minimum atomic E-state index is 0.830. The van der Waals surface area contributed by atoms with Gasteiger partial charge in [0.05, 0.1) is 0 Å². The molecule has 2 aromatic rings. The third kappa shape index (κ3) is 4.08. The van der Waals surface area contributed by atoms with Crippen LogP contribution >= 0.6 is 15.9 Å². The quantitative estimate of drug-likeness (QED) is 0.868. The summed E-state index contributed by atoms with van der Waals surface area (Å²) in [7, 11) is 0.